The van der Waals surface area contributed by atoms with Gasteiger partial charge in [-0.1, -0.05) is 18.2 Å². The number of amidine groups is 1. The number of nitrogens with zero attached hydrogens (tertiary/aromatic N) is 2. The Morgan fingerprint density at radius 2 is 1.88 bits per heavy atom. The van der Waals surface area contributed by atoms with Crippen LogP contribution in [0.3, 0.4) is 0 Å². The monoisotopic (exact) mass is 600 g/mol. The molecule has 2 atom stereocenters. The predicted octanol–water partition coefficient (Wildman–Crippen LogP) is 2.16. The van der Waals surface area contributed by atoms with Crippen molar-refractivity contribution in [3.05, 3.63) is 52.2 Å². The van der Waals surface area contributed by atoms with Gasteiger partial charge < -0.3 is 36.5 Å². The van der Waals surface area contributed by atoms with E-state index in [1.54, 1.807) is 32.2 Å². The fourth-order valence-electron chi connectivity index (χ4n) is 4.27. The summed E-state index contributed by atoms with van der Waals surface area (Å²) in [6.07, 6.45) is 0.367. The molecule has 4 amide bonds. The van der Waals surface area contributed by atoms with Gasteiger partial charge in [0.1, 0.15) is 23.2 Å². The van der Waals surface area contributed by atoms with E-state index in [4.69, 9.17) is 20.9 Å². The van der Waals surface area contributed by atoms with Crippen LogP contribution in [0.5, 0.6) is 5.75 Å². The average molecular weight is 601 g/mol. The zero-order valence-electron chi connectivity index (χ0n) is 24.3. The summed E-state index contributed by atoms with van der Waals surface area (Å²) in [6, 6.07) is 10.4. The van der Waals surface area contributed by atoms with E-state index in [0.29, 0.717) is 38.1 Å². The van der Waals surface area contributed by atoms with E-state index in [1.165, 1.54) is 16.2 Å². The minimum atomic E-state index is -0.783. The number of aliphatic imine (C=N–C) groups is 1. The molecule has 6 N–H and O–H groups in total. The zero-order chi connectivity index (χ0) is 30.7. The number of carbonyl (C=O) groups is 4. The van der Waals surface area contributed by atoms with Crippen LogP contribution in [0, 0.1) is 5.92 Å². The number of likely N-dealkylation sites (tertiary alicyclic amines) is 1. The van der Waals surface area contributed by atoms with Crippen molar-refractivity contribution < 1.29 is 28.7 Å². The van der Waals surface area contributed by atoms with E-state index in [0.717, 1.165) is 10.6 Å². The molecule has 1 aromatic carbocycles. The van der Waals surface area contributed by atoms with E-state index in [1.807, 2.05) is 30.3 Å². The molecule has 13 heteroatoms. The maximum Gasteiger partial charge on any atom is 0.436 e. The van der Waals surface area contributed by atoms with E-state index < -0.39 is 17.7 Å². The van der Waals surface area contributed by atoms with Crippen LogP contribution in [0.2, 0.25) is 0 Å². The second-order valence-corrected chi connectivity index (χ2v) is 11.9. The van der Waals surface area contributed by atoms with Crippen molar-refractivity contribution in [3.63, 3.8) is 0 Å². The van der Waals surface area contributed by atoms with Gasteiger partial charge in [-0.3, -0.25) is 14.4 Å². The Hall–Kier alpha value is -3.97. The summed E-state index contributed by atoms with van der Waals surface area (Å²) in [6.45, 7) is 6.27. The van der Waals surface area contributed by atoms with Crippen molar-refractivity contribution >= 4 is 41.0 Å². The molecule has 2 heterocycles. The molecule has 1 aliphatic rings. The van der Waals surface area contributed by atoms with E-state index in [-0.39, 0.29) is 49.0 Å². The molecular formula is C29H40N6O6S. The zero-order valence-corrected chi connectivity index (χ0v) is 25.1. The van der Waals surface area contributed by atoms with Crippen molar-refractivity contribution in [1.29, 1.82) is 0 Å². The normalized spacial score (nSPS) is 17.0. The number of hydrogen-bond acceptors (Lipinski definition) is 8. The number of nitrogens with one attached hydrogen (secondary N) is 2. The molecule has 0 saturated carbocycles. The summed E-state index contributed by atoms with van der Waals surface area (Å²) in [5.41, 5.74) is 11.7. The number of ether oxygens (including phenoxy) is 2. The lowest BCUT2D eigenvalue weighted by Crippen LogP contribution is -2.48. The first-order chi connectivity index (χ1) is 19.9. The second-order valence-electron chi connectivity index (χ2n) is 10.9. The van der Waals surface area contributed by atoms with Crippen molar-refractivity contribution in [2.45, 2.75) is 58.2 Å². The summed E-state index contributed by atoms with van der Waals surface area (Å²) >= 11 is 1.35. The molecule has 1 fully saturated rings. The molecular weight excluding hydrogens is 560 g/mol. The van der Waals surface area contributed by atoms with Gasteiger partial charge in [0.15, 0.2) is 0 Å². The summed E-state index contributed by atoms with van der Waals surface area (Å²) in [5, 5.41) is 7.25. The first-order valence-electron chi connectivity index (χ1n) is 13.8. The highest BCUT2D eigenvalue weighted by atomic mass is 32.1. The molecule has 1 saturated heterocycles. The lowest BCUT2D eigenvalue weighted by atomic mass is 10.1. The molecule has 2 unspecified atom stereocenters. The van der Waals surface area contributed by atoms with Gasteiger partial charge in [0.25, 0.3) is 0 Å². The van der Waals surface area contributed by atoms with Gasteiger partial charge in [-0.15, -0.1) is 11.3 Å². The van der Waals surface area contributed by atoms with E-state index in [9.17, 15) is 19.2 Å². The van der Waals surface area contributed by atoms with Gasteiger partial charge in [-0.25, -0.2) is 4.79 Å². The molecule has 228 valence electrons. The molecule has 1 aromatic heterocycles. The fraction of sp³-hybridized carbons (Fsp3) is 0.483. The third-order valence-corrected chi connectivity index (χ3v) is 7.27. The van der Waals surface area contributed by atoms with Gasteiger partial charge >= 0.3 is 6.09 Å². The molecule has 3 rings (SSSR count). The molecule has 1 aliphatic heterocycles. The van der Waals surface area contributed by atoms with Crippen LogP contribution in [-0.4, -0.2) is 72.4 Å². The Balaban J connectivity index is 1.46. The first-order valence-corrected chi connectivity index (χ1v) is 14.7. The molecule has 2 aromatic rings. The Bertz CT molecular complexity index is 1260. The number of amides is 4. The van der Waals surface area contributed by atoms with E-state index in [2.05, 4.69) is 15.6 Å². The third-order valence-electron chi connectivity index (χ3n) is 6.33. The maximum absolute atomic E-state index is 13.1. The van der Waals surface area contributed by atoms with Crippen molar-refractivity contribution in [2.75, 3.05) is 26.2 Å². The topological polar surface area (TPSA) is 178 Å². The fourth-order valence-corrected chi connectivity index (χ4v) is 5.09. The number of thiophene rings is 1. The Morgan fingerprint density at radius 3 is 2.57 bits per heavy atom. The highest BCUT2D eigenvalue weighted by Crippen LogP contribution is 2.23. The second kappa shape index (κ2) is 15.3. The summed E-state index contributed by atoms with van der Waals surface area (Å²) in [7, 11) is 0. The number of benzene rings is 1. The van der Waals surface area contributed by atoms with Crippen molar-refractivity contribution in [1.82, 2.24) is 15.5 Å². The number of nitrogens with two attached hydrogens (primary N) is 2. The number of para-hydroxylation sites is 1. The van der Waals surface area contributed by atoms with Crippen LogP contribution >= 0.6 is 11.3 Å². The van der Waals surface area contributed by atoms with Crippen LogP contribution < -0.4 is 26.8 Å². The first kappa shape index (κ1) is 32.5. The lowest BCUT2D eigenvalue weighted by Gasteiger charge is -2.24. The highest BCUT2D eigenvalue weighted by Gasteiger charge is 2.38. The van der Waals surface area contributed by atoms with Gasteiger partial charge in [0.05, 0.1) is 19.7 Å². The molecule has 42 heavy (non-hydrogen) atoms. The molecule has 0 radical (unpaired) electrons. The number of carbonyl (C=O) groups excluding carboxylic acids is 4. The van der Waals surface area contributed by atoms with Gasteiger partial charge in [-0.05, 0) is 64.3 Å². The van der Waals surface area contributed by atoms with Gasteiger partial charge in [-0.2, -0.15) is 4.99 Å². The smallest absolute Gasteiger partial charge is 0.436 e. The predicted molar refractivity (Wildman–Crippen MR) is 160 cm³/mol. The molecule has 12 nitrogen and oxygen atoms in total. The standard InChI is InChI=1S/C29H40N6O6S/c1-29(2,3)41-28(39)34-26(31)20-13-22(42-18-20)15-33-27(38)23-12-19(14-30)17-35(23)25(37)16-32-24(36)10-7-11-40-21-8-5-4-6-9-21/h4-6,8-9,13,18-19,23H,7,10-12,14-17,30H2,1-3H3,(H,32,36)(H,33,38)(H2,31,34,39). The van der Waals surface area contributed by atoms with Gasteiger partial charge in [0, 0.05) is 28.8 Å². The van der Waals surface area contributed by atoms with Crippen LogP contribution in [-0.2, 0) is 25.7 Å². The average Bonchev–Trinajstić information content (AvgIpc) is 3.60. The SMILES string of the molecule is CC(C)(C)OC(=O)/N=C(\N)c1csc(CNC(=O)C2CC(CN)CN2C(=O)CNC(=O)CCCOc2ccccc2)c1. The molecule has 0 bridgehead atoms. The highest BCUT2D eigenvalue weighted by molar-refractivity contribution is 7.10. The summed E-state index contributed by atoms with van der Waals surface area (Å²) < 4.78 is 10.7. The van der Waals surface area contributed by atoms with E-state index >= 15 is 0 Å². The quantitative estimate of drug-likeness (QED) is 0.163. The summed E-state index contributed by atoms with van der Waals surface area (Å²) in [4.78, 5) is 56.3. The maximum atomic E-state index is 13.1. The minimum absolute atomic E-state index is 0.0159. The van der Waals surface area contributed by atoms with Crippen LogP contribution in [0.1, 0.15) is 50.5 Å². The number of hydrogen-bond donors (Lipinski definition) is 4. The van der Waals surface area contributed by atoms with Crippen LogP contribution in [0.4, 0.5) is 4.79 Å². The lowest BCUT2D eigenvalue weighted by molar-refractivity contribution is -0.138. The van der Waals surface area contributed by atoms with Crippen LogP contribution in [0.25, 0.3) is 0 Å². The third kappa shape index (κ3) is 10.5. The number of rotatable bonds is 12. The Kier molecular flexibility index (Phi) is 11.9. The Morgan fingerprint density at radius 1 is 1.14 bits per heavy atom. The minimum Gasteiger partial charge on any atom is -0.494 e. The Labute approximate surface area is 249 Å². The summed E-state index contributed by atoms with van der Waals surface area (Å²) in [5.74, 6) is -0.191. The van der Waals surface area contributed by atoms with Crippen molar-refractivity contribution in [3.8, 4) is 5.75 Å². The molecule has 0 aliphatic carbocycles. The van der Waals surface area contributed by atoms with Gasteiger partial charge in [0.2, 0.25) is 17.7 Å². The van der Waals surface area contributed by atoms with Crippen LogP contribution in [0.15, 0.2) is 46.8 Å². The molecule has 0 spiro atoms. The largest absolute Gasteiger partial charge is 0.494 e. The van der Waals surface area contributed by atoms with Crippen molar-refractivity contribution in [2.24, 2.45) is 22.4 Å².